The summed E-state index contributed by atoms with van der Waals surface area (Å²) in [6, 6.07) is 7.80. The number of thioether (sulfide) groups is 1. The number of rotatable bonds is 6. The van der Waals surface area contributed by atoms with Gasteiger partial charge < -0.3 is 14.8 Å². The maximum atomic E-state index is 13.3. The molecule has 1 heterocycles. The number of ether oxygens (including phenoxy) is 2. The third-order valence-corrected chi connectivity index (χ3v) is 6.75. The topological polar surface area (TPSA) is 64.6 Å². The van der Waals surface area contributed by atoms with Gasteiger partial charge in [0.15, 0.2) is 0 Å². The predicted molar refractivity (Wildman–Crippen MR) is 107 cm³/mol. The maximum absolute atomic E-state index is 13.3. The molecule has 1 aliphatic rings. The number of hydrogen-bond donors (Lipinski definition) is 1. The quantitative estimate of drug-likeness (QED) is 0.743. The zero-order chi connectivity index (χ0) is 20.2. The monoisotopic (exact) mass is 391 g/mol. The third kappa shape index (κ3) is 4.15. The van der Waals surface area contributed by atoms with Gasteiger partial charge in [-0.3, -0.25) is 4.79 Å². The molecule has 1 N–H and O–H groups in total. The van der Waals surface area contributed by atoms with E-state index in [1.807, 2.05) is 58.9 Å². The van der Waals surface area contributed by atoms with Gasteiger partial charge in [0, 0.05) is 22.6 Å². The van der Waals surface area contributed by atoms with Gasteiger partial charge in [-0.2, -0.15) is 0 Å². The highest BCUT2D eigenvalue weighted by Gasteiger charge is 2.55. The van der Waals surface area contributed by atoms with Crippen LogP contribution in [-0.2, 0) is 19.1 Å². The van der Waals surface area contributed by atoms with Crippen molar-refractivity contribution in [3.63, 3.8) is 0 Å². The molecule has 0 fully saturated rings. The second kappa shape index (κ2) is 8.83. The van der Waals surface area contributed by atoms with Gasteiger partial charge in [-0.25, -0.2) is 4.79 Å². The fourth-order valence-electron chi connectivity index (χ4n) is 3.54. The van der Waals surface area contributed by atoms with Gasteiger partial charge >= 0.3 is 11.9 Å². The van der Waals surface area contributed by atoms with Crippen molar-refractivity contribution in [3.8, 4) is 0 Å². The standard InChI is InChI=1S/C21H29NO4S/c1-7-12-26-20(24)21(27-17-10-8-13(2)9-11-17)14(3)18(19(23)25-6)15(4)22-16(21)5/h8-11,14,16,22H,7,12H2,1-6H3. The number of aryl methyl sites for hydroxylation is 1. The minimum atomic E-state index is -0.979. The zero-order valence-electron chi connectivity index (χ0n) is 16.9. The first-order chi connectivity index (χ1) is 12.8. The maximum Gasteiger partial charge on any atom is 0.335 e. The Balaban J connectivity index is 2.54. The van der Waals surface area contributed by atoms with E-state index in [1.165, 1.54) is 18.9 Å². The minimum absolute atomic E-state index is 0.225. The van der Waals surface area contributed by atoms with Crippen LogP contribution in [0.15, 0.2) is 40.4 Å². The Morgan fingerprint density at radius 2 is 1.81 bits per heavy atom. The largest absolute Gasteiger partial charge is 0.466 e. The van der Waals surface area contributed by atoms with E-state index in [9.17, 15) is 9.59 Å². The molecule has 0 bridgehead atoms. The number of carbonyl (C=O) groups excluding carboxylic acids is 2. The van der Waals surface area contributed by atoms with E-state index in [0.29, 0.717) is 12.2 Å². The van der Waals surface area contributed by atoms with Crippen molar-refractivity contribution in [2.45, 2.75) is 56.7 Å². The lowest BCUT2D eigenvalue weighted by Gasteiger charge is -2.45. The Morgan fingerprint density at radius 1 is 1.19 bits per heavy atom. The summed E-state index contributed by atoms with van der Waals surface area (Å²) in [5.74, 6) is -1.11. The minimum Gasteiger partial charge on any atom is -0.466 e. The average molecular weight is 392 g/mol. The Kier molecular flexibility index (Phi) is 6.98. The van der Waals surface area contributed by atoms with Crippen molar-refractivity contribution < 1.29 is 19.1 Å². The molecule has 1 aromatic rings. The van der Waals surface area contributed by atoms with Crippen LogP contribution in [0.1, 0.15) is 39.7 Å². The number of benzene rings is 1. The smallest absolute Gasteiger partial charge is 0.335 e. The van der Waals surface area contributed by atoms with Crippen LogP contribution in [0.25, 0.3) is 0 Å². The molecule has 1 aromatic carbocycles. The summed E-state index contributed by atoms with van der Waals surface area (Å²) < 4.78 is 9.60. The van der Waals surface area contributed by atoms with Crippen molar-refractivity contribution in [1.29, 1.82) is 0 Å². The fourth-order valence-corrected chi connectivity index (χ4v) is 4.88. The first-order valence-corrected chi connectivity index (χ1v) is 10.1. The Labute approximate surface area is 165 Å². The molecule has 0 spiro atoms. The summed E-state index contributed by atoms with van der Waals surface area (Å²) in [7, 11) is 1.36. The third-order valence-electron chi connectivity index (χ3n) is 5.03. The molecule has 0 amide bonds. The first-order valence-electron chi connectivity index (χ1n) is 9.26. The zero-order valence-corrected chi connectivity index (χ0v) is 17.7. The van der Waals surface area contributed by atoms with Crippen molar-refractivity contribution >= 4 is 23.7 Å². The van der Waals surface area contributed by atoms with Crippen molar-refractivity contribution in [2.24, 2.45) is 5.92 Å². The van der Waals surface area contributed by atoms with Crippen LogP contribution in [0.3, 0.4) is 0 Å². The summed E-state index contributed by atoms with van der Waals surface area (Å²) in [5, 5.41) is 3.31. The van der Waals surface area contributed by atoms with Gasteiger partial charge in [0.05, 0.1) is 19.3 Å². The molecule has 5 nitrogen and oxygen atoms in total. The molecule has 0 saturated carbocycles. The lowest BCUT2D eigenvalue weighted by atomic mass is 9.78. The summed E-state index contributed by atoms with van der Waals surface area (Å²) in [5.41, 5.74) is 2.38. The van der Waals surface area contributed by atoms with E-state index < -0.39 is 10.7 Å². The van der Waals surface area contributed by atoms with Crippen LogP contribution in [0.4, 0.5) is 0 Å². The highest BCUT2D eigenvalue weighted by molar-refractivity contribution is 8.01. The predicted octanol–water partition coefficient (Wildman–Crippen LogP) is 3.85. The number of carbonyl (C=O) groups is 2. The molecule has 27 heavy (non-hydrogen) atoms. The second-order valence-electron chi connectivity index (χ2n) is 6.96. The second-order valence-corrected chi connectivity index (χ2v) is 8.31. The molecule has 0 saturated heterocycles. The number of hydrogen-bond acceptors (Lipinski definition) is 6. The lowest BCUT2D eigenvalue weighted by molar-refractivity contribution is -0.149. The van der Waals surface area contributed by atoms with Gasteiger partial charge in [-0.05, 0) is 39.3 Å². The SMILES string of the molecule is CCCOC(=O)C1(Sc2ccc(C)cc2)C(C)NC(C)=C(C(=O)OC)C1C. The van der Waals surface area contributed by atoms with Crippen LogP contribution in [0.5, 0.6) is 0 Å². The van der Waals surface area contributed by atoms with E-state index in [0.717, 1.165) is 22.6 Å². The highest BCUT2D eigenvalue weighted by Crippen LogP contribution is 2.48. The molecule has 1 aliphatic heterocycles. The van der Waals surface area contributed by atoms with E-state index in [4.69, 9.17) is 9.47 Å². The van der Waals surface area contributed by atoms with E-state index in [-0.39, 0.29) is 17.9 Å². The van der Waals surface area contributed by atoms with E-state index >= 15 is 0 Å². The fraction of sp³-hybridized carbons (Fsp3) is 0.524. The van der Waals surface area contributed by atoms with Crippen molar-refractivity contribution in [1.82, 2.24) is 5.32 Å². The van der Waals surface area contributed by atoms with Gasteiger partial charge in [-0.15, -0.1) is 11.8 Å². The van der Waals surface area contributed by atoms with Crippen LogP contribution in [0.2, 0.25) is 0 Å². The number of allylic oxidation sites excluding steroid dienone is 1. The molecule has 2 rings (SSSR count). The summed E-state index contributed by atoms with van der Waals surface area (Å²) in [6.45, 7) is 10.0. The molecule has 0 aliphatic carbocycles. The van der Waals surface area contributed by atoms with Crippen LogP contribution >= 0.6 is 11.8 Å². The van der Waals surface area contributed by atoms with Crippen LogP contribution in [-0.4, -0.2) is 36.4 Å². The number of methoxy groups -OCH3 is 1. The molecule has 6 heteroatoms. The van der Waals surface area contributed by atoms with Gasteiger partial charge in [0.25, 0.3) is 0 Å². The van der Waals surface area contributed by atoms with Crippen molar-refractivity contribution in [3.05, 3.63) is 41.1 Å². The van der Waals surface area contributed by atoms with Crippen LogP contribution < -0.4 is 5.32 Å². The van der Waals surface area contributed by atoms with Crippen molar-refractivity contribution in [2.75, 3.05) is 13.7 Å². The molecular formula is C21H29NO4S. The number of esters is 2. The molecule has 3 unspecified atom stereocenters. The van der Waals surface area contributed by atoms with E-state index in [2.05, 4.69) is 5.32 Å². The van der Waals surface area contributed by atoms with Gasteiger partial charge in [0.1, 0.15) is 4.75 Å². The first kappa shape index (κ1) is 21.4. The van der Waals surface area contributed by atoms with Gasteiger partial charge in [0.2, 0.25) is 0 Å². The summed E-state index contributed by atoms with van der Waals surface area (Å²) >= 11 is 1.45. The average Bonchev–Trinajstić information content (AvgIpc) is 2.64. The Morgan fingerprint density at radius 3 is 2.37 bits per heavy atom. The molecule has 3 atom stereocenters. The number of nitrogens with one attached hydrogen (secondary N) is 1. The molecule has 0 aromatic heterocycles. The van der Waals surface area contributed by atoms with E-state index in [1.54, 1.807) is 0 Å². The summed E-state index contributed by atoms with van der Waals surface area (Å²) in [6.07, 6.45) is 0.742. The lowest BCUT2D eigenvalue weighted by Crippen LogP contribution is -2.60. The Hall–Kier alpha value is -1.95. The molecule has 0 radical (unpaired) electrons. The molecular weight excluding hydrogens is 362 g/mol. The Bertz CT molecular complexity index is 728. The molecule has 148 valence electrons. The summed E-state index contributed by atoms with van der Waals surface area (Å²) in [4.78, 5) is 26.7. The normalized spacial score (nSPS) is 25.0. The highest BCUT2D eigenvalue weighted by atomic mass is 32.2. The van der Waals surface area contributed by atoms with Gasteiger partial charge in [-0.1, -0.05) is 31.5 Å². The van der Waals surface area contributed by atoms with Crippen LogP contribution in [0, 0.1) is 12.8 Å².